The van der Waals surface area contributed by atoms with E-state index in [1.165, 1.54) is 0 Å². The summed E-state index contributed by atoms with van der Waals surface area (Å²) >= 11 is -2.86. The predicted octanol–water partition coefficient (Wildman–Crippen LogP) is -3.72. The summed E-state index contributed by atoms with van der Waals surface area (Å²) in [5.41, 5.74) is 0. The fraction of sp³-hybridized carbons (Fsp3) is 1.00. The van der Waals surface area contributed by atoms with Gasteiger partial charge in [0.25, 0.3) is 0 Å². The van der Waals surface area contributed by atoms with Gasteiger partial charge in [-0.3, -0.25) is 0 Å². The van der Waals surface area contributed by atoms with Gasteiger partial charge in [0, 0.05) is 0 Å². The van der Waals surface area contributed by atoms with Gasteiger partial charge in [-0.15, -0.1) is 0 Å². The number of hydrogen-bond donors (Lipinski definition) is 1. The molecule has 8 nitrogen and oxygen atoms in total. The number of nitrogens with zero attached hydrogens (tertiary/aromatic N) is 2. The second-order valence-electron chi connectivity index (χ2n) is 1.78. The van der Waals surface area contributed by atoms with Gasteiger partial charge in [0.2, 0.25) is 0 Å². The minimum absolute atomic E-state index is 0. The summed E-state index contributed by atoms with van der Waals surface area (Å²) in [6, 6.07) is 0. The predicted molar refractivity (Wildman–Crippen MR) is 41.5 cm³/mol. The van der Waals surface area contributed by atoms with E-state index in [-0.39, 0.29) is 18.9 Å². The molecule has 0 aromatic carbocycles. The van der Waals surface area contributed by atoms with Crippen molar-refractivity contribution in [3.8, 4) is 0 Å². The normalized spacial score (nSPS) is 9.38. The minimum atomic E-state index is -2.86. The van der Waals surface area contributed by atoms with Gasteiger partial charge in [-0.1, -0.05) is 0 Å². The fourth-order valence-corrected chi connectivity index (χ4v) is 0. The molecule has 0 amide bonds. The van der Waals surface area contributed by atoms with E-state index in [1.54, 1.807) is 0 Å². The third kappa shape index (κ3) is 38300. The summed E-state index contributed by atoms with van der Waals surface area (Å²) in [5.74, 6) is 0. The Morgan fingerprint density at radius 2 is 1.31 bits per heavy atom. The Morgan fingerprint density at radius 1 is 1.31 bits per heavy atom. The number of rotatable bonds is 0. The largest absolute Gasteiger partial charge is 1.00 e. The summed E-state index contributed by atoms with van der Waals surface area (Å²) in [4.78, 5) is 10.2. The summed E-state index contributed by atoms with van der Waals surface area (Å²) in [7, 11) is 6.00. The van der Waals surface area contributed by atoms with Crippen LogP contribution in [-0.2, 0) is 11.4 Å². The Labute approximate surface area is 90.3 Å². The van der Waals surface area contributed by atoms with Crippen LogP contribution in [0.2, 0.25) is 0 Å². The average molecular weight is 209 g/mol. The first kappa shape index (κ1) is 23.0. The van der Waals surface area contributed by atoms with Gasteiger partial charge in [-0.2, -0.15) is 0 Å². The molecule has 0 fully saturated rings. The van der Waals surface area contributed by atoms with Crippen LogP contribution in [0.4, 0.5) is 0 Å². The second-order valence-corrected chi connectivity index (χ2v) is 2.22. The van der Waals surface area contributed by atoms with E-state index in [0.29, 0.717) is 0 Å². The van der Waals surface area contributed by atoms with Crippen molar-refractivity contribution in [2.45, 2.75) is 0 Å². The Bertz CT molecular complexity index is 110. The van der Waals surface area contributed by atoms with E-state index in [4.69, 9.17) is 28.6 Å². The van der Waals surface area contributed by atoms with Crippen molar-refractivity contribution in [2.75, 3.05) is 21.1 Å². The molecule has 0 rings (SSSR count). The van der Waals surface area contributed by atoms with Crippen LogP contribution < -0.4 is 18.9 Å². The van der Waals surface area contributed by atoms with Crippen LogP contribution in [0.5, 0.6) is 0 Å². The standard InChI is InChI=1S/C3H9N.Li.NO3.H2O3S/c1-4(2)3;;2-1(3)4;1-4(2)3/h1-3H3;;;(H2,1,2,3)/q;+1;-1;/p-1. The van der Waals surface area contributed by atoms with Crippen LogP contribution in [0.3, 0.4) is 0 Å². The maximum absolute atomic E-state index is 8.56. The van der Waals surface area contributed by atoms with Crippen LogP contribution in [0.15, 0.2) is 0 Å². The molecule has 0 aromatic heterocycles. The zero-order chi connectivity index (χ0) is 10.7. The fourth-order valence-electron chi connectivity index (χ4n) is 0. The molecule has 1 atom stereocenters. The molecule has 0 aliphatic rings. The van der Waals surface area contributed by atoms with Gasteiger partial charge >= 0.3 is 18.9 Å². The Morgan fingerprint density at radius 3 is 1.31 bits per heavy atom. The molecule has 0 saturated heterocycles. The topological polar surface area (TPSA) is 130 Å². The quantitative estimate of drug-likeness (QED) is 0.188. The molecule has 0 heterocycles. The van der Waals surface area contributed by atoms with Gasteiger partial charge < -0.3 is 29.3 Å². The first-order valence-electron chi connectivity index (χ1n) is 2.41. The Balaban J connectivity index is -0.0000000450. The van der Waals surface area contributed by atoms with E-state index < -0.39 is 16.4 Å². The van der Waals surface area contributed by atoms with E-state index in [9.17, 15) is 0 Å². The minimum Gasteiger partial charge on any atom is -0.750 e. The summed E-state index contributed by atoms with van der Waals surface area (Å²) in [6.45, 7) is 0. The maximum atomic E-state index is 8.56. The molecule has 13 heavy (non-hydrogen) atoms. The van der Waals surface area contributed by atoms with Crippen molar-refractivity contribution in [1.29, 1.82) is 0 Å². The van der Waals surface area contributed by atoms with Crippen molar-refractivity contribution in [3.05, 3.63) is 15.3 Å². The molecule has 76 valence electrons. The maximum Gasteiger partial charge on any atom is 1.00 e. The number of hydrogen-bond acceptors (Lipinski definition) is 6. The molecule has 0 aliphatic heterocycles. The molecule has 1 unspecified atom stereocenters. The van der Waals surface area contributed by atoms with Gasteiger partial charge in [0.05, 0.1) is 16.4 Å². The molecule has 10 heteroatoms. The van der Waals surface area contributed by atoms with Crippen LogP contribution in [-0.4, -0.2) is 44.4 Å². The van der Waals surface area contributed by atoms with Crippen molar-refractivity contribution >= 4 is 11.4 Å². The van der Waals surface area contributed by atoms with Crippen molar-refractivity contribution in [1.82, 2.24) is 4.90 Å². The van der Waals surface area contributed by atoms with Crippen LogP contribution in [0.1, 0.15) is 0 Å². The van der Waals surface area contributed by atoms with E-state index >= 15 is 0 Å². The SMILES string of the molecule is CN(C)C.O=S([O-])O.O=[N+]([O-])[O-].[Li+]. The van der Waals surface area contributed by atoms with Gasteiger partial charge in [-0.05, 0) is 21.1 Å². The first-order valence-corrected chi connectivity index (χ1v) is 3.44. The van der Waals surface area contributed by atoms with E-state index in [0.717, 1.165) is 0 Å². The van der Waals surface area contributed by atoms with Crippen molar-refractivity contribution in [3.63, 3.8) is 0 Å². The molecule has 0 bridgehead atoms. The van der Waals surface area contributed by atoms with Gasteiger partial charge in [0.15, 0.2) is 0 Å². The third-order valence-electron chi connectivity index (χ3n) is 0. The van der Waals surface area contributed by atoms with Crippen molar-refractivity contribution < 1.29 is 37.3 Å². The molecule has 0 aromatic rings. The zero-order valence-electron chi connectivity index (χ0n) is 7.79. The van der Waals surface area contributed by atoms with E-state index in [2.05, 4.69) is 0 Å². The Kier molecular flexibility index (Phi) is 31.5. The van der Waals surface area contributed by atoms with Gasteiger partial charge in [0.1, 0.15) is 0 Å². The monoisotopic (exact) mass is 209 g/mol. The Hall–Kier alpha value is -0.173. The van der Waals surface area contributed by atoms with Crippen LogP contribution in [0, 0.1) is 15.3 Å². The van der Waals surface area contributed by atoms with Crippen LogP contribution >= 0.6 is 0 Å². The summed E-state index contributed by atoms with van der Waals surface area (Å²) in [6.07, 6.45) is 0. The van der Waals surface area contributed by atoms with E-state index in [1.807, 2.05) is 26.0 Å². The molecule has 0 aliphatic carbocycles. The first-order chi connectivity index (χ1) is 5.20. The summed E-state index contributed by atoms with van der Waals surface area (Å²) < 4.78 is 24.1. The molecule has 0 saturated carbocycles. The van der Waals surface area contributed by atoms with Crippen molar-refractivity contribution in [2.24, 2.45) is 0 Å². The third-order valence-corrected chi connectivity index (χ3v) is 0. The second kappa shape index (κ2) is 17.8. The van der Waals surface area contributed by atoms with Crippen LogP contribution in [0.25, 0.3) is 0 Å². The zero-order valence-corrected chi connectivity index (χ0v) is 8.61. The smallest absolute Gasteiger partial charge is 0.750 e. The molecular formula is C3H10LiN2O6S-. The molecular weight excluding hydrogens is 199 g/mol. The molecule has 0 spiro atoms. The summed E-state index contributed by atoms with van der Waals surface area (Å²) in [5, 5.41) is 14.8. The molecule has 1 N–H and O–H groups in total. The average Bonchev–Trinajstić information content (AvgIpc) is 1.54. The molecule has 0 radical (unpaired) electrons. The van der Waals surface area contributed by atoms with Gasteiger partial charge in [-0.25, -0.2) is 4.21 Å².